The Bertz CT molecular complexity index is 579. The van der Waals surface area contributed by atoms with E-state index in [1.165, 1.54) is 6.33 Å². The summed E-state index contributed by atoms with van der Waals surface area (Å²) >= 11 is 6.03. The minimum atomic E-state index is -0.0902. The lowest BCUT2D eigenvalue weighted by molar-refractivity contribution is 0.324. The van der Waals surface area contributed by atoms with Gasteiger partial charge in [-0.05, 0) is 20.3 Å². The molecule has 5 nitrogen and oxygen atoms in total. The van der Waals surface area contributed by atoms with Crippen LogP contribution in [-0.4, -0.2) is 26.6 Å². The number of imidazole rings is 1. The smallest absolute Gasteiger partial charge is 0.245 e. The van der Waals surface area contributed by atoms with Crippen LogP contribution in [0.1, 0.15) is 39.4 Å². The van der Waals surface area contributed by atoms with Gasteiger partial charge in [0.1, 0.15) is 12.2 Å². The fraction of sp³-hybridized carbons (Fsp3) is 0.615. The molecule has 104 valence electrons. The van der Waals surface area contributed by atoms with E-state index in [1.54, 1.807) is 7.11 Å². The number of rotatable bonds is 5. The Hall–Kier alpha value is -1.36. The average molecular weight is 283 g/mol. The number of nitrogens with zero attached hydrogens (tertiary/aromatic N) is 4. The highest BCUT2D eigenvalue weighted by molar-refractivity contribution is 6.16. The van der Waals surface area contributed by atoms with E-state index in [0.717, 1.165) is 24.3 Å². The summed E-state index contributed by atoms with van der Waals surface area (Å²) in [6.07, 6.45) is 3.60. The van der Waals surface area contributed by atoms with Crippen molar-refractivity contribution >= 4 is 22.8 Å². The van der Waals surface area contributed by atoms with Crippen molar-refractivity contribution in [3.05, 3.63) is 12.2 Å². The normalized spacial score (nSPS) is 12.1. The van der Waals surface area contributed by atoms with E-state index in [1.807, 2.05) is 0 Å². The van der Waals surface area contributed by atoms with Gasteiger partial charge in [0.15, 0.2) is 11.2 Å². The van der Waals surface area contributed by atoms with Gasteiger partial charge in [-0.25, -0.2) is 9.97 Å². The van der Waals surface area contributed by atoms with Crippen LogP contribution in [-0.2, 0) is 11.4 Å². The summed E-state index contributed by atoms with van der Waals surface area (Å²) in [6, 6.07) is 0. The quantitative estimate of drug-likeness (QED) is 0.791. The highest BCUT2D eigenvalue weighted by Gasteiger charge is 2.27. The minimum absolute atomic E-state index is 0.0902. The largest absolute Gasteiger partial charge is 0.479 e. The van der Waals surface area contributed by atoms with Gasteiger partial charge in [-0.1, -0.05) is 13.3 Å². The summed E-state index contributed by atoms with van der Waals surface area (Å²) in [6.45, 7) is 6.50. The minimum Gasteiger partial charge on any atom is -0.479 e. The third kappa shape index (κ3) is 2.39. The molecule has 0 spiro atoms. The van der Waals surface area contributed by atoms with E-state index in [2.05, 4.69) is 40.3 Å². The maximum Gasteiger partial charge on any atom is 0.245 e. The predicted octanol–water partition coefficient (Wildman–Crippen LogP) is 3.11. The topological polar surface area (TPSA) is 52.8 Å². The van der Waals surface area contributed by atoms with Crippen LogP contribution >= 0.6 is 11.6 Å². The first-order valence-electron chi connectivity index (χ1n) is 6.38. The lowest BCUT2D eigenvalue weighted by atomic mass is 9.98. The molecule has 0 unspecified atom stereocenters. The summed E-state index contributed by atoms with van der Waals surface area (Å²) in [5.41, 5.74) is 1.36. The van der Waals surface area contributed by atoms with E-state index in [4.69, 9.17) is 16.3 Å². The van der Waals surface area contributed by atoms with Crippen LogP contribution in [0.4, 0.5) is 0 Å². The number of aromatic nitrogens is 4. The van der Waals surface area contributed by atoms with E-state index in [9.17, 15) is 0 Å². The number of ether oxygens (including phenoxy) is 1. The molecule has 0 radical (unpaired) electrons. The maximum absolute atomic E-state index is 6.03. The second-order valence-electron chi connectivity index (χ2n) is 5.11. The molecular formula is C13H19ClN4O. The fourth-order valence-corrected chi connectivity index (χ4v) is 2.69. The molecule has 0 amide bonds. The van der Waals surface area contributed by atoms with Gasteiger partial charge in [-0.15, -0.1) is 11.6 Å². The van der Waals surface area contributed by atoms with Gasteiger partial charge in [-0.3, -0.25) is 0 Å². The summed E-state index contributed by atoms with van der Waals surface area (Å²) in [5, 5.41) is 0. The Balaban J connectivity index is 2.71. The number of methoxy groups -OCH3 is 1. The average Bonchev–Trinajstić information content (AvgIpc) is 2.77. The lowest BCUT2D eigenvalue weighted by Crippen LogP contribution is -2.28. The molecule has 0 atom stereocenters. The van der Waals surface area contributed by atoms with Crippen LogP contribution in [0.15, 0.2) is 6.33 Å². The predicted molar refractivity (Wildman–Crippen MR) is 75.7 cm³/mol. The van der Waals surface area contributed by atoms with Crippen LogP contribution in [0.2, 0.25) is 0 Å². The van der Waals surface area contributed by atoms with E-state index in [-0.39, 0.29) is 5.54 Å². The van der Waals surface area contributed by atoms with Gasteiger partial charge in [0, 0.05) is 5.54 Å². The van der Waals surface area contributed by atoms with Crippen molar-refractivity contribution in [2.75, 3.05) is 7.11 Å². The van der Waals surface area contributed by atoms with Gasteiger partial charge in [-0.2, -0.15) is 4.98 Å². The zero-order chi connectivity index (χ0) is 14.0. The number of fused-ring (bicyclic) bond motifs is 1. The Labute approximate surface area is 118 Å². The van der Waals surface area contributed by atoms with Gasteiger partial charge in [0.05, 0.1) is 13.0 Å². The second-order valence-corrected chi connectivity index (χ2v) is 5.38. The summed E-state index contributed by atoms with van der Waals surface area (Å²) in [7, 11) is 1.58. The Morgan fingerprint density at radius 1 is 1.37 bits per heavy atom. The highest BCUT2D eigenvalue weighted by Crippen LogP contribution is 2.31. The van der Waals surface area contributed by atoms with Crippen molar-refractivity contribution in [1.29, 1.82) is 0 Å². The molecule has 0 saturated carbocycles. The van der Waals surface area contributed by atoms with Crippen LogP contribution < -0.4 is 4.74 Å². The molecule has 2 rings (SSSR count). The Kier molecular flexibility index (Phi) is 3.94. The van der Waals surface area contributed by atoms with E-state index < -0.39 is 0 Å². The van der Waals surface area contributed by atoms with Crippen LogP contribution in [0.3, 0.4) is 0 Å². The monoisotopic (exact) mass is 282 g/mol. The van der Waals surface area contributed by atoms with Gasteiger partial charge in [0.25, 0.3) is 0 Å². The molecule has 2 aromatic rings. The van der Waals surface area contributed by atoms with Crippen molar-refractivity contribution in [3.63, 3.8) is 0 Å². The molecule has 0 aromatic carbocycles. The van der Waals surface area contributed by atoms with Gasteiger partial charge < -0.3 is 9.30 Å². The molecule has 0 fully saturated rings. The SMILES string of the molecule is CCCC(C)(C)n1c(CCl)nc2c(OC)ncnc21. The van der Waals surface area contributed by atoms with Gasteiger partial charge in [0.2, 0.25) is 5.88 Å². The summed E-state index contributed by atoms with van der Waals surface area (Å²) in [4.78, 5) is 13.0. The number of halogens is 1. The van der Waals surface area contributed by atoms with E-state index >= 15 is 0 Å². The molecule has 0 saturated heterocycles. The Morgan fingerprint density at radius 3 is 2.68 bits per heavy atom. The van der Waals surface area contributed by atoms with Crippen LogP contribution in [0, 0.1) is 0 Å². The number of hydrogen-bond acceptors (Lipinski definition) is 4. The molecule has 0 bridgehead atoms. The number of hydrogen-bond donors (Lipinski definition) is 0. The van der Waals surface area contributed by atoms with Gasteiger partial charge >= 0.3 is 0 Å². The molecular weight excluding hydrogens is 264 g/mol. The molecule has 0 aliphatic carbocycles. The summed E-state index contributed by atoms with van der Waals surface area (Å²) in [5.74, 6) is 1.63. The maximum atomic E-state index is 6.03. The second kappa shape index (κ2) is 5.33. The molecule has 0 aliphatic heterocycles. The third-order valence-electron chi connectivity index (χ3n) is 3.26. The molecule has 2 aromatic heterocycles. The van der Waals surface area contributed by atoms with Crippen molar-refractivity contribution in [1.82, 2.24) is 19.5 Å². The van der Waals surface area contributed by atoms with Crippen molar-refractivity contribution in [3.8, 4) is 5.88 Å². The van der Waals surface area contributed by atoms with E-state index in [0.29, 0.717) is 17.3 Å². The molecule has 2 heterocycles. The van der Waals surface area contributed by atoms with Crippen LogP contribution in [0.5, 0.6) is 5.88 Å². The molecule has 19 heavy (non-hydrogen) atoms. The molecule has 0 aliphatic rings. The fourth-order valence-electron chi connectivity index (χ4n) is 2.52. The molecule has 0 N–H and O–H groups in total. The van der Waals surface area contributed by atoms with Crippen molar-refractivity contribution < 1.29 is 4.74 Å². The Morgan fingerprint density at radius 2 is 2.11 bits per heavy atom. The lowest BCUT2D eigenvalue weighted by Gasteiger charge is -2.28. The number of alkyl halides is 1. The standard InChI is InChI=1S/C13H19ClN4O/c1-5-6-13(2,3)18-9(7-14)17-10-11(18)15-8-16-12(10)19-4/h8H,5-7H2,1-4H3. The first kappa shape index (κ1) is 14.1. The highest BCUT2D eigenvalue weighted by atomic mass is 35.5. The van der Waals surface area contributed by atoms with Crippen molar-refractivity contribution in [2.24, 2.45) is 0 Å². The first-order chi connectivity index (χ1) is 9.05. The zero-order valence-electron chi connectivity index (χ0n) is 11.8. The first-order valence-corrected chi connectivity index (χ1v) is 6.91. The zero-order valence-corrected chi connectivity index (χ0v) is 12.5. The van der Waals surface area contributed by atoms with Crippen molar-refractivity contribution in [2.45, 2.75) is 45.0 Å². The third-order valence-corrected chi connectivity index (χ3v) is 3.50. The molecule has 6 heteroatoms. The summed E-state index contributed by atoms with van der Waals surface area (Å²) < 4.78 is 7.34. The van der Waals surface area contributed by atoms with Crippen LogP contribution in [0.25, 0.3) is 11.2 Å².